The van der Waals surface area contributed by atoms with Crippen LogP contribution in [0.4, 0.5) is 4.39 Å². The fraction of sp³-hybridized carbons (Fsp3) is 0.320. The van der Waals surface area contributed by atoms with Crippen LogP contribution in [0.3, 0.4) is 0 Å². The Bertz CT molecular complexity index is 1140. The summed E-state index contributed by atoms with van der Waals surface area (Å²) in [6, 6.07) is 13.3. The molecule has 1 fully saturated rings. The average molecular weight is 435 g/mol. The number of piperazine rings is 1. The zero-order chi connectivity index (χ0) is 22.7. The predicted octanol–water partition coefficient (Wildman–Crippen LogP) is 4.03. The molecule has 6 nitrogen and oxygen atoms in total. The number of Topliss-reactive ketones (excluding diaryl/α,β-unsaturated/α-hetero) is 1. The van der Waals surface area contributed by atoms with Gasteiger partial charge in [-0.15, -0.1) is 0 Å². The van der Waals surface area contributed by atoms with Crippen molar-refractivity contribution in [3.05, 3.63) is 71.7 Å². The molecule has 1 atom stereocenters. The van der Waals surface area contributed by atoms with Gasteiger partial charge in [-0.3, -0.25) is 14.4 Å². The molecule has 32 heavy (non-hydrogen) atoms. The summed E-state index contributed by atoms with van der Waals surface area (Å²) in [5.74, 6) is -2.00. The molecule has 1 unspecified atom stereocenters. The van der Waals surface area contributed by atoms with E-state index in [1.165, 1.54) is 12.3 Å². The van der Waals surface area contributed by atoms with Crippen molar-refractivity contribution in [2.24, 2.45) is 0 Å². The van der Waals surface area contributed by atoms with Crippen LogP contribution in [0.1, 0.15) is 46.9 Å². The van der Waals surface area contributed by atoms with Gasteiger partial charge in [-0.1, -0.05) is 44.0 Å². The monoisotopic (exact) mass is 435 g/mol. The van der Waals surface area contributed by atoms with Gasteiger partial charge in [0.25, 0.3) is 17.6 Å². The van der Waals surface area contributed by atoms with Crippen LogP contribution in [0.25, 0.3) is 10.9 Å². The van der Waals surface area contributed by atoms with E-state index < -0.39 is 17.5 Å². The second-order valence-electron chi connectivity index (χ2n) is 8.11. The molecular weight excluding hydrogens is 409 g/mol. The summed E-state index contributed by atoms with van der Waals surface area (Å²) in [4.78, 5) is 45.4. The first-order chi connectivity index (χ1) is 15.5. The fourth-order valence-corrected chi connectivity index (χ4v) is 4.32. The number of hydrogen-bond acceptors (Lipinski definition) is 3. The van der Waals surface area contributed by atoms with Crippen LogP contribution in [0.5, 0.6) is 0 Å². The van der Waals surface area contributed by atoms with Gasteiger partial charge in [0.15, 0.2) is 0 Å². The van der Waals surface area contributed by atoms with Gasteiger partial charge < -0.3 is 14.8 Å². The molecule has 7 heteroatoms. The lowest BCUT2D eigenvalue weighted by atomic mass is 10.0. The molecule has 0 radical (unpaired) electrons. The largest absolute Gasteiger partial charge is 0.360 e. The molecule has 0 spiro atoms. The van der Waals surface area contributed by atoms with Crippen LogP contribution in [-0.4, -0.2) is 58.1 Å². The Balaban J connectivity index is 1.55. The van der Waals surface area contributed by atoms with Gasteiger partial charge in [-0.2, -0.15) is 0 Å². The maximum absolute atomic E-state index is 14.3. The van der Waals surface area contributed by atoms with Crippen molar-refractivity contribution in [3.63, 3.8) is 0 Å². The number of unbranched alkanes of at least 4 members (excludes halogenated alkanes) is 1. The van der Waals surface area contributed by atoms with E-state index in [1.807, 2.05) is 18.2 Å². The first kappa shape index (κ1) is 21.7. The quantitative estimate of drug-likeness (QED) is 0.469. The predicted molar refractivity (Wildman–Crippen MR) is 120 cm³/mol. The molecule has 0 saturated carbocycles. The summed E-state index contributed by atoms with van der Waals surface area (Å²) in [7, 11) is 0. The van der Waals surface area contributed by atoms with E-state index in [1.54, 1.807) is 34.1 Å². The van der Waals surface area contributed by atoms with E-state index in [-0.39, 0.29) is 29.4 Å². The molecule has 1 aliphatic rings. The van der Waals surface area contributed by atoms with Crippen molar-refractivity contribution in [1.82, 2.24) is 14.8 Å². The highest BCUT2D eigenvalue weighted by Crippen LogP contribution is 2.24. The van der Waals surface area contributed by atoms with Crippen molar-refractivity contribution >= 4 is 28.5 Å². The third-order valence-corrected chi connectivity index (χ3v) is 6.04. The molecule has 2 aromatic carbocycles. The summed E-state index contributed by atoms with van der Waals surface area (Å²) in [6.07, 6.45) is 3.89. The molecule has 1 aromatic heterocycles. The highest BCUT2D eigenvalue weighted by Gasteiger charge is 2.36. The average Bonchev–Trinajstić information content (AvgIpc) is 3.27. The topological polar surface area (TPSA) is 73.5 Å². The van der Waals surface area contributed by atoms with Gasteiger partial charge in [0.2, 0.25) is 0 Å². The maximum Gasteiger partial charge on any atom is 0.295 e. The molecule has 1 N–H and O–H groups in total. The standard InChI is InChI=1S/C25H26FN3O3/c1-2-3-10-18-16-28(24(31)17-8-5-4-6-9-17)13-14-29(18)25(32)23(30)19-15-27-21-12-7-11-20(26)22(19)21/h4-9,11-12,15,18,27H,2-3,10,13-14,16H2,1H3. The van der Waals surface area contributed by atoms with Crippen LogP contribution in [0.15, 0.2) is 54.7 Å². The van der Waals surface area contributed by atoms with E-state index in [0.29, 0.717) is 30.6 Å². The van der Waals surface area contributed by atoms with Crippen LogP contribution in [-0.2, 0) is 4.79 Å². The molecule has 1 aliphatic heterocycles. The van der Waals surface area contributed by atoms with Crippen LogP contribution in [0.2, 0.25) is 0 Å². The SMILES string of the molecule is CCCCC1CN(C(=O)c2ccccc2)CCN1C(=O)C(=O)c1c[nH]c2cccc(F)c12. The van der Waals surface area contributed by atoms with Crippen molar-refractivity contribution in [2.75, 3.05) is 19.6 Å². The lowest BCUT2D eigenvalue weighted by molar-refractivity contribution is -0.131. The molecular formula is C25H26FN3O3. The molecule has 1 saturated heterocycles. The summed E-state index contributed by atoms with van der Waals surface area (Å²) >= 11 is 0. The molecule has 2 heterocycles. The van der Waals surface area contributed by atoms with E-state index in [4.69, 9.17) is 0 Å². The molecule has 2 amide bonds. The number of carbonyl (C=O) groups excluding carboxylic acids is 3. The number of carbonyl (C=O) groups is 3. The fourth-order valence-electron chi connectivity index (χ4n) is 4.32. The third kappa shape index (κ3) is 4.15. The molecule has 4 rings (SSSR count). The zero-order valence-corrected chi connectivity index (χ0v) is 18.0. The Kier molecular flexibility index (Phi) is 6.35. The second-order valence-corrected chi connectivity index (χ2v) is 8.11. The first-order valence-electron chi connectivity index (χ1n) is 11.0. The number of H-pyrrole nitrogens is 1. The summed E-state index contributed by atoms with van der Waals surface area (Å²) in [5.41, 5.74) is 1.12. The first-order valence-corrected chi connectivity index (χ1v) is 11.0. The summed E-state index contributed by atoms with van der Waals surface area (Å²) in [5, 5.41) is 0.133. The van der Waals surface area contributed by atoms with Gasteiger partial charge in [0.05, 0.1) is 5.56 Å². The Morgan fingerprint density at radius 3 is 2.59 bits per heavy atom. The Morgan fingerprint density at radius 2 is 1.84 bits per heavy atom. The van der Waals surface area contributed by atoms with Crippen molar-refractivity contribution in [2.45, 2.75) is 32.2 Å². The van der Waals surface area contributed by atoms with Gasteiger partial charge in [0.1, 0.15) is 5.82 Å². The smallest absolute Gasteiger partial charge is 0.295 e. The lowest BCUT2D eigenvalue weighted by Crippen LogP contribution is -2.57. The van der Waals surface area contributed by atoms with Gasteiger partial charge in [-0.05, 0) is 30.7 Å². The minimum atomic E-state index is -0.731. The van der Waals surface area contributed by atoms with E-state index in [9.17, 15) is 18.8 Å². The minimum Gasteiger partial charge on any atom is -0.360 e. The highest BCUT2D eigenvalue weighted by atomic mass is 19.1. The minimum absolute atomic E-state index is 0.0418. The second kappa shape index (κ2) is 9.34. The number of benzene rings is 2. The van der Waals surface area contributed by atoms with Gasteiger partial charge >= 0.3 is 0 Å². The number of nitrogens with one attached hydrogen (secondary N) is 1. The Morgan fingerprint density at radius 1 is 1.06 bits per heavy atom. The number of ketones is 1. The van der Waals surface area contributed by atoms with E-state index in [2.05, 4.69) is 11.9 Å². The van der Waals surface area contributed by atoms with Gasteiger partial charge in [0, 0.05) is 48.3 Å². The summed E-state index contributed by atoms with van der Waals surface area (Å²) < 4.78 is 14.3. The maximum atomic E-state index is 14.3. The lowest BCUT2D eigenvalue weighted by Gasteiger charge is -2.41. The molecule has 0 aliphatic carbocycles. The number of halogens is 1. The number of rotatable bonds is 6. The number of aromatic amines is 1. The Labute approximate surface area is 186 Å². The normalized spacial score (nSPS) is 16.4. The highest BCUT2D eigenvalue weighted by molar-refractivity contribution is 6.45. The number of aromatic nitrogens is 1. The third-order valence-electron chi connectivity index (χ3n) is 6.04. The van der Waals surface area contributed by atoms with Crippen LogP contribution < -0.4 is 0 Å². The van der Waals surface area contributed by atoms with Crippen LogP contribution >= 0.6 is 0 Å². The number of fused-ring (bicyclic) bond motifs is 1. The zero-order valence-electron chi connectivity index (χ0n) is 18.0. The summed E-state index contributed by atoms with van der Waals surface area (Å²) in [6.45, 7) is 3.04. The number of hydrogen-bond donors (Lipinski definition) is 1. The van der Waals surface area contributed by atoms with Crippen molar-refractivity contribution in [3.8, 4) is 0 Å². The number of amides is 2. The van der Waals surface area contributed by atoms with E-state index in [0.717, 1.165) is 12.8 Å². The van der Waals surface area contributed by atoms with Gasteiger partial charge in [-0.25, -0.2) is 4.39 Å². The molecule has 166 valence electrons. The number of nitrogens with zero attached hydrogens (tertiary/aromatic N) is 2. The Hall–Kier alpha value is -3.48. The molecule has 0 bridgehead atoms. The van der Waals surface area contributed by atoms with E-state index >= 15 is 0 Å². The van der Waals surface area contributed by atoms with Crippen molar-refractivity contribution < 1.29 is 18.8 Å². The molecule has 3 aromatic rings. The van der Waals surface area contributed by atoms with Crippen molar-refractivity contribution in [1.29, 1.82) is 0 Å². The van der Waals surface area contributed by atoms with Crippen LogP contribution in [0, 0.1) is 5.82 Å².